The lowest BCUT2D eigenvalue weighted by molar-refractivity contribution is -0.906. The third-order valence-electron chi connectivity index (χ3n) is 3.96. The van der Waals surface area contributed by atoms with E-state index < -0.39 is 0 Å². The summed E-state index contributed by atoms with van der Waals surface area (Å²) < 4.78 is 11.2. The smallest absolute Gasteiger partial charge is 0.138 e. The molecule has 0 radical (unpaired) electrons. The van der Waals surface area contributed by atoms with Gasteiger partial charge in [-0.05, 0) is 37.0 Å². The Hall–Kier alpha value is -0.480. The second-order valence-corrected chi connectivity index (χ2v) is 6.56. The van der Waals surface area contributed by atoms with E-state index in [1.54, 1.807) is 23.1 Å². The van der Waals surface area contributed by atoms with Gasteiger partial charge in [-0.1, -0.05) is 30.1 Å². The van der Waals surface area contributed by atoms with Crippen LogP contribution in [0.5, 0.6) is 5.75 Å². The van der Waals surface area contributed by atoms with Crippen LogP contribution >= 0.6 is 23.2 Å². The highest BCUT2D eigenvalue weighted by Crippen LogP contribution is 2.27. The molecule has 1 aromatic rings. The van der Waals surface area contributed by atoms with Gasteiger partial charge in [0, 0.05) is 5.02 Å². The van der Waals surface area contributed by atoms with Crippen LogP contribution in [0.15, 0.2) is 18.2 Å². The lowest BCUT2D eigenvalue weighted by Gasteiger charge is -2.27. The third kappa shape index (κ3) is 6.03. The maximum Gasteiger partial charge on any atom is 0.138 e. The Morgan fingerprint density at radius 1 is 1.14 bits per heavy atom. The molecule has 118 valence electrons. The topological polar surface area (TPSA) is 22.9 Å². The van der Waals surface area contributed by atoms with Gasteiger partial charge in [0.1, 0.15) is 18.9 Å². The Kier molecular flexibility index (Phi) is 7.11. The van der Waals surface area contributed by atoms with Gasteiger partial charge >= 0.3 is 0 Å². The molecule has 1 saturated heterocycles. The standard InChI is InChI=1S/C16H23Cl2NO2/c1-13-4-6-19(7-5-13)8-9-20-10-11-21-16-3-2-14(17)12-15(16)18/h2-3,12-13H,4-11H2,1H3/p+1. The number of nitrogens with one attached hydrogen (secondary N) is 1. The first-order valence-electron chi connectivity index (χ1n) is 7.64. The van der Waals surface area contributed by atoms with Crippen LogP contribution in [-0.4, -0.2) is 39.5 Å². The van der Waals surface area contributed by atoms with Crippen molar-refractivity contribution in [1.29, 1.82) is 0 Å². The molecule has 1 fully saturated rings. The molecule has 1 aliphatic heterocycles. The number of hydrogen-bond donors (Lipinski definition) is 1. The van der Waals surface area contributed by atoms with Crippen molar-refractivity contribution >= 4 is 23.2 Å². The predicted octanol–water partition coefficient (Wildman–Crippen LogP) is 2.70. The van der Waals surface area contributed by atoms with E-state index in [0.717, 1.165) is 19.1 Å². The zero-order valence-electron chi connectivity index (χ0n) is 12.5. The molecule has 3 nitrogen and oxygen atoms in total. The van der Waals surface area contributed by atoms with Gasteiger partial charge in [0.25, 0.3) is 0 Å². The molecule has 0 saturated carbocycles. The van der Waals surface area contributed by atoms with Crippen LogP contribution in [0.3, 0.4) is 0 Å². The molecule has 0 amide bonds. The molecule has 21 heavy (non-hydrogen) atoms. The molecule has 0 atom stereocenters. The van der Waals surface area contributed by atoms with Crippen molar-refractivity contribution in [2.45, 2.75) is 19.8 Å². The molecule has 0 aliphatic carbocycles. The first kappa shape index (κ1) is 16.9. The van der Waals surface area contributed by atoms with Gasteiger partial charge in [0.15, 0.2) is 0 Å². The lowest BCUT2D eigenvalue weighted by Crippen LogP contribution is -3.13. The van der Waals surface area contributed by atoms with Gasteiger partial charge in [0.05, 0.1) is 31.3 Å². The number of rotatable bonds is 7. The normalized spacial score (nSPS) is 22.2. The molecule has 0 spiro atoms. The molecule has 0 aromatic heterocycles. The molecule has 0 unspecified atom stereocenters. The number of piperidine rings is 1. The first-order chi connectivity index (χ1) is 10.1. The number of benzene rings is 1. The van der Waals surface area contributed by atoms with E-state index in [2.05, 4.69) is 6.92 Å². The minimum Gasteiger partial charge on any atom is -0.490 e. The maximum absolute atomic E-state index is 6.03. The summed E-state index contributed by atoms with van der Waals surface area (Å²) in [5, 5.41) is 1.15. The molecule has 0 bridgehead atoms. The Balaban J connectivity index is 1.54. The van der Waals surface area contributed by atoms with Crippen molar-refractivity contribution in [2.75, 3.05) is 39.5 Å². The van der Waals surface area contributed by atoms with E-state index in [9.17, 15) is 0 Å². The van der Waals surface area contributed by atoms with Gasteiger partial charge in [-0.25, -0.2) is 0 Å². The zero-order chi connectivity index (χ0) is 15.1. The van der Waals surface area contributed by atoms with E-state index in [4.69, 9.17) is 32.7 Å². The van der Waals surface area contributed by atoms with E-state index in [-0.39, 0.29) is 0 Å². The summed E-state index contributed by atoms with van der Waals surface area (Å²) in [6.07, 6.45) is 2.68. The summed E-state index contributed by atoms with van der Waals surface area (Å²) in [4.78, 5) is 1.66. The Bertz CT molecular complexity index is 434. The van der Waals surface area contributed by atoms with Crippen LogP contribution in [0.1, 0.15) is 19.8 Å². The van der Waals surface area contributed by atoms with E-state index in [0.29, 0.717) is 29.0 Å². The van der Waals surface area contributed by atoms with Crippen molar-refractivity contribution in [3.8, 4) is 5.75 Å². The van der Waals surface area contributed by atoms with Crippen molar-refractivity contribution in [3.05, 3.63) is 28.2 Å². The number of hydrogen-bond acceptors (Lipinski definition) is 2. The SMILES string of the molecule is CC1CC[NH+](CCOCCOc2ccc(Cl)cc2Cl)CC1. The van der Waals surface area contributed by atoms with Crippen molar-refractivity contribution in [3.63, 3.8) is 0 Å². The van der Waals surface area contributed by atoms with Crippen molar-refractivity contribution < 1.29 is 14.4 Å². The van der Waals surface area contributed by atoms with E-state index >= 15 is 0 Å². The second kappa shape index (κ2) is 8.84. The second-order valence-electron chi connectivity index (χ2n) is 5.72. The number of ether oxygens (including phenoxy) is 2. The van der Waals surface area contributed by atoms with Crippen LogP contribution in [-0.2, 0) is 4.74 Å². The summed E-state index contributed by atoms with van der Waals surface area (Å²) in [7, 11) is 0. The number of quaternary nitrogens is 1. The van der Waals surface area contributed by atoms with Crippen LogP contribution in [0, 0.1) is 5.92 Å². The van der Waals surface area contributed by atoms with Crippen molar-refractivity contribution in [1.82, 2.24) is 0 Å². The summed E-state index contributed by atoms with van der Waals surface area (Å²) in [6, 6.07) is 5.23. The molecular weight excluding hydrogens is 309 g/mol. The minimum atomic E-state index is 0.508. The molecular formula is C16H24Cl2NO2+. The Morgan fingerprint density at radius 3 is 2.62 bits per heavy atom. The average molecular weight is 333 g/mol. The van der Waals surface area contributed by atoms with E-state index in [1.807, 2.05) is 0 Å². The summed E-state index contributed by atoms with van der Waals surface area (Å²) in [5.41, 5.74) is 0. The average Bonchev–Trinajstić information content (AvgIpc) is 2.46. The molecule has 1 N–H and O–H groups in total. The highest BCUT2D eigenvalue weighted by Gasteiger charge is 2.18. The van der Waals surface area contributed by atoms with Gasteiger partial charge in [-0.2, -0.15) is 0 Å². The largest absolute Gasteiger partial charge is 0.490 e. The van der Waals surface area contributed by atoms with Gasteiger partial charge in [0.2, 0.25) is 0 Å². The van der Waals surface area contributed by atoms with Crippen LogP contribution in [0.25, 0.3) is 0 Å². The van der Waals surface area contributed by atoms with Crippen LogP contribution in [0.2, 0.25) is 10.0 Å². The summed E-state index contributed by atoms with van der Waals surface area (Å²) in [5.74, 6) is 1.55. The molecule has 1 heterocycles. The number of halogens is 2. The minimum absolute atomic E-state index is 0.508. The van der Waals surface area contributed by atoms with Crippen LogP contribution in [0.4, 0.5) is 0 Å². The van der Waals surface area contributed by atoms with Crippen LogP contribution < -0.4 is 9.64 Å². The van der Waals surface area contributed by atoms with Gasteiger partial charge < -0.3 is 14.4 Å². The fourth-order valence-electron chi connectivity index (χ4n) is 2.54. The van der Waals surface area contributed by atoms with Crippen molar-refractivity contribution in [2.24, 2.45) is 5.92 Å². The Labute approximate surface area is 137 Å². The van der Waals surface area contributed by atoms with Gasteiger partial charge in [-0.3, -0.25) is 0 Å². The lowest BCUT2D eigenvalue weighted by atomic mass is 9.99. The highest BCUT2D eigenvalue weighted by atomic mass is 35.5. The fraction of sp³-hybridized carbons (Fsp3) is 0.625. The predicted molar refractivity (Wildman–Crippen MR) is 86.7 cm³/mol. The van der Waals surface area contributed by atoms with Gasteiger partial charge in [-0.15, -0.1) is 0 Å². The number of likely N-dealkylation sites (tertiary alicyclic amines) is 1. The zero-order valence-corrected chi connectivity index (χ0v) is 14.1. The fourth-order valence-corrected chi connectivity index (χ4v) is 3.00. The highest BCUT2D eigenvalue weighted by molar-refractivity contribution is 6.35. The first-order valence-corrected chi connectivity index (χ1v) is 8.40. The van der Waals surface area contributed by atoms with E-state index in [1.165, 1.54) is 25.9 Å². The summed E-state index contributed by atoms with van der Waals surface area (Å²) in [6.45, 7) is 7.88. The molecule has 5 heteroatoms. The summed E-state index contributed by atoms with van der Waals surface area (Å²) >= 11 is 11.9. The maximum atomic E-state index is 6.03. The monoisotopic (exact) mass is 332 g/mol. The third-order valence-corrected chi connectivity index (χ3v) is 4.49. The molecule has 1 aliphatic rings. The molecule has 1 aromatic carbocycles. The molecule has 2 rings (SSSR count). The Morgan fingerprint density at radius 2 is 1.90 bits per heavy atom. The quantitative estimate of drug-likeness (QED) is 0.776.